The minimum Gasteiger partial charge on any atom is -0.385 e. The van der Waals surface area contributed by atoms with Gasteiger partial charge in [-0.2, -0.15) is 0 Å². The van der Waals surface area contributed by atoms with Crippen LogP contribution in [0.15, 0.2) is 42.1 Å². The molecule has 0 aliphatic heterocycles. The quantitative estimate of drug-likeness (QED) is 0.918. The van der Waals surface area contributed by atoms with Gasteiger partial charge < -0.3 is 5.32 Å². The van der Waals surface area contributed by atoms with E-state index in [9.17, 15) is 4.79 Å². The average Bonchev–Trinajstić information content (AvgIpc) is 3.04. The number of benzene rings is 1. The zero-order valence-electron chi connectivity index (χ0n) is 12.9. The van der Waals surface area contributed by atoms with Crippen LogP contribution < -0.4 is 5.32 Å². The second-order valence-electron chi connectivity index (χ2n) is 8.00. The van der Waals surface area contributed by atoms with Crippen molar-refractivity contribution in [2.45, 2.75) is 50.5 Å². The maximum Gasteiger partial charge on any atom is 0.158 e. The van der Waals surface area contributed by atoms with Gasteiger partial charge in [-0.05, 0) is 60.8 Å². The second kappa shape index (κ2) is 4.47. The fourth-order valence-electron chi connectivity index (χ4n) is 5.96. The monoisotopic (exact) mass is 293 g/mol. The molecule has 5 atom stereocenters. The Kier molecular flexibility index (Phi) is 2.62. The van der Waals surface area contributed by atoms with Gasteiger partial charge in [0.05, 0.1) is 0 Å². The van der Waals surface area contributed by atoms with Gasteiger partial charge in [0.2, 0.25) is 0 Å². The minimum atomic E-state index is 0.285. The lowest BCUT2D eigenvalue weighted by molar-refractivity contribution is -0.115. The second-order valence-corrected chi connectivity index (χ2v) is 8.00. The molecular formula is C20H23NO. The first kappa shape index (κ1) is 12.9. The number of nitrogens with one attached hydrogen (secondary N) is 1. The Morgan fingerprint density at radius 1 is 1.09 bits per heavy atom. The molecule has 1 spiro atoms. The van der Waals surface area contributed by atoms with Crippen molar-refractivity contribution in [2.24, 2.45) is 17.3 Å². The normalized spacial score (nSPS) is 42.0. The van der Waals surface area contributed by atoms with E-state index in [1.54, 1.807) is 0 Å². The summed E-state index contributed by atoms with van der Waals surface area (Å²) in [6.07, 6.45) is 9.28. The highest BCUT2D eigenvalue weighted by Crippen LogP contribution is 2.73. The molecule has 5 aliphatic rings. The maximum absolute atomic E-state index is 12.1. The van der Waals surface area contributed by atoms with Crippen LogP contribution in [0.1, 0.15) is 50.0 Å². The number of rotatable bonds is 3. The number of hydrogen-bond donors (Lipinski definition) is 1. The predicted octanol–water partition coefficient (Wildman–Crippen LogP) is 3.80. The lowest BCUT2D eigenvalue weighted by Gasteiger charge is -2.62. The van der Waals surface area contributed by atoms with Gasteiger partial charge in [-0.1, -0.05) is 30.3 Å². The largest absolute Gasteiger partial charge is 0.385 e. The Balaban J connectivity index is 1.30. The zero-order chi connectivity index (χ0) is 14.7. The molecule has 6 rings (SSSR count). The molecule has 1 aromatic rings. The van der Waals surface area contributed by atoms with Crippen molar-refractivity contribution < 1.29 is 4.79 Å². The van der Waals surface area contributed by atoms with E-state index in [1.165, 1.54) is 36.9 Å². The molecule has 0 heterocycles. The van der Waals surface area contributed by atoms with Gasteiger partial charge in [-0.25, -0.2) is 0 Å². The molecule has 1 aromatic carbocycles. The van der Waals surface area contributed by atoms with Gasteiger partial charge >= 0.3 is 0 Å². The van der Waals surface area contributed by atoms with Gasteiger partial charge in [-0.3, -0.25) is 4.79 Å². The maximum atomic E-state index is 12.1. The minimum absolute atomic E-state index is 0.285. The van der Waals surface area contributed by atoms with Crippen LogP contribution in [0.2, 0.25) is 0 Å². The number of carbonyl (C=O) groups is 1. The summed E-state index contributed by atoms with van der Waals surface area (Å²) in [5, 5.41) is 3.75. The standard InChI is InChI=1S/C20H23NO/c22-17-9-15(13-4-2-1-3-5-13)8-16(10-17)21-18-12-20-7-6-14(11-20)19(18)20/h1-5,10,14-15,18-19,21H,6-9,11-12H2/t14-,15?,18?,19?,20-/m0/s1. The molecule has 2 heteroatoms. The zero-order valence-corrected chi connectivity index (χ0v) is 12.9. The van der Waals surface area contributed by atoms with Crippen LogP contribution in [0.5, 0.6) is 0 Å². The van der Waals surface area contributed by atoms with Crippen molar-refractivity contribution in [1.29, 1.82) is 0 Å². The molecule has 1 N–H and O–H groups in total. The smallest absolute Gasteiger partial charge is 0.158 e. The third-order valence-electron chi connectivity index (χ3n) is 6.85. The predicted molar refractivity (Wildman–Crippen MR) is 86.3 cm³/mol. The van der Waals surface area contributed by atoms with Crippen molar-refractivity contribution in [3.8, 4) is 0 Å². The highest BCUT2D eigenvalue weighted by atomic mass is 16.1. The number of allylic oxidation sites excluding steroid dienone is 2. The van der Waals surface area contributed by atoms with E-state index in [0.29, 0.717) is 18.4 Å². The summed E-state index contributed by atoms with van der Waals surface area (Å²) in [5.41, 5.74) is 3.22. The lowest BCUT2D eigenvalue weighted by Crippen LogP contribution is -2.63. The fourth-order valence-corrected chi connectivity index (χ4v) is 5.96. The SMILES string of the molecule is O=C1C=C(NC2C[C@]34CC[C@@H](C3)C24)CC(c2ccccc2)C1. The molecule has 0 radical (unpaired) electrons. The molecular weight excluding hydrogens is 270 g/mol. The molecule has 5 aliphatic carbocycles. The summed E-state index contributed by atoms with van der Waals surface area (Å²) in [6, 6.07) is 11.2. The van der Waals surface area contributed by atoms with Gasteiger partial charge in [0.1, 0.15) is 0 Å². The summed E-state index contributed by atoms with van der Waals surface area (Å²) in [4.78, 5) is 12.1. The molecule has 2 nitrogen and oxygen atoms in total. The van der Waals surface area contributed by atoms with E-state index in [2.05, 4.69) is 29.6 Å². The summed E-state index contributed by atoms with van der Waals surface area (Å²) >= 11 is 0. The van der Waals surface area contributed by atoms with Crippen molar-refractivity contribution in [3.63, 3.8) is 0 Å². The number of fused-ring (bicyclic) bond motifs is 1. The van der Waals surface area contributed by atoms with Gasteiger partial charge in [0.25, 0.3) is 0 Å². The van der Waals surface area contributed by atoms with Crippen LogP contribution in [0.25, 0.3) is 0 Å². The van der Waals surface area contributed by atoms with Crippen LogP contribution in [0.4, 0.5) is 0 Å². The lowest BCUT2D eigenvalue weighted by atomic mass is 9.45. The summed E-state index contributed by atoms with van der Waals surface area (Å²) < 4.78 is 0. The topological polar surface area (TPSA) is 29.1 Å². The Morgan fingerprint density at radius 3 is 2.73 bits per heavy atom. The van der Waals surface area contributed by atoms with E-state index in [4.69, 9.17) is 0 Å². The van der Waals surface area contributed by atoms with Crippen LogP contribution in [0, 0.1) is 17.3 Å². The molecule has 4 saturated carbocycles. The third-order valence-corrected chi connectivity index (χ3v) is 6.85. The first-order chi connectivity index (χ1) is 10.7. The molecule has 0 aromatic heterocycles. The van der Waals surface area contributed by atoms with E-state index in [1.807, 2.05) is 12.1 Å². The Bertz CT molecular complexity index is 645. The number of hydrogen-bond acceptors (Lipinski definition) is 2. The van der Waals surface area contributed by atoms with E-state index < -0.39 is 0 Å². The van der Waals surface area contributed by atoms with Crippen molar-refractivity contribution >= 4 is 5.78 Å². The summed E-state index contributed by atoms with van der Waals surface area (Å²) in [6.45, 7) is 0. The van der Waals surface area contributed by atoms with Crippen molar-refractivity contribution in [2.75, 3.05) is 0 Å². The first-order valence-electron chi connectivity index (χ1n) is 8.78. The van der Waals surface area contributed by atoms with Crippen molar-refractivity contribution in [1.82, 2.24) is 5.32 Å². The average molecular weight is 293 g/mol. The van der Waals surface area contributed by atoms with Crippen LogP contribution in [0.3, 0.4) is 0 Å². The van der Waals surface area contributed by atoms with Gasteiger partial charge in [0, 0.05) is 24.2 Å². The first-order valence-corrected chi connectivity index (χ1v) is 8.78. The van der Waals surface area contributed by atoms with E-state index in [-0.39, 0.29) is 5.78 Å². The molecule has 3 unspecified atom stereocenters. The Morgan fingerprint density at radius 2 is 1.95 bits per heavy atom. The van der Waals surface area contributed by atoms with Gasteiger partial charge in [0.15, 0.2) is 5.78 Å². The van der Waals surface area contributed by atoms with Crippen LogP contribution in [-0.4, -0.2) is 11.8 Å². The molecule has 4 fully saturated rings. The number of ketones is 1. The summed E-state index contributed by atoms with van der Waals surface area (Å²) in [5.74, 6) is 2.54. The van der Waals surface area contributed by atoms with Crippen LogP contribution in [-0.2, 0) is 4.79 Å². The van der Waals surface area contributed by atoms with E-state index in [0.717, 1.165) is 23.7 Å². The summed E-state index contributed by atoms with van der Waals surface area (Å²) in [7, 11) is 0. The molecule has 0 amide bonds. The Labute approximate surface area is 132 Å². The fraction of sp³-hybridized carbons (Fsp3) is 0.550. The van der Waals surface area contributed by atoms with Crippen LogP contribution >= 0.6 is 0 Å². The van der Waals surface area contributed by atoms with E-state index >= 15 is 0 Å². The molecule has 22 heavy (non-hydrogen) atoms. The molecule has 114 valence electrons. The highest BCUT2D eigenvalue weighted by Gasteiger charge is 2.68. The molecule has 2 bridgehead atoms. The molecule has 0 saturated heterocycles. The third kappa shape index (κ3) is 1.76. The number of carbonyl (C=O) groups excluding carboxylic acids is 1. The highest BCUT2D eigenvalue weighted by molar-refractivity contribution is 5.92. The Hall–Kier alpha value is -1.57. The van der Waals surface area contributed by atoms with Gasteiger partial charge in [-0.15, -0.1) is 0 Å². The van der Waals surface area contributed by atoms with Crippen molar-refractivity contribution in [3.05, 3.63) is 47.7 Å².